The van der Waals surface area contributed by atoms with Gasteiger partial charge in [-0.25, -0.2) is 0 Å². The Morgan fingerprint density at radius 1 is 0.970 bits per heavy atom. The quantitative estimate of drug-likeness (QED) is 0.412. The van der Waals surface area contributed by atoms with E-state index in [0.29, 0.717) is 24.2 Å². The van der Waals surface area contributed by atoms with Crippen LogP contribution in [0.25, 0.3) is 0 Å². The lowest BCUT2D eigenvalue weighted by atomic mass is 9.35. The number of fused-ring (bicyclic) bond motifs is 7. The summed E-state index contributed by atoms with van der Waals surface area (Å²) >= 11 is 0. The molecule has 0 heterocycles. The number of ether oxygens (including phenoxy) is 1. The summed E-state index contributed by atoms with van der Waals surface area (Å²) in [5.41, 5.74) is 1.37. The summed E-state index contributed by atoms with van der Waals surface area (Å²) in [5.74, 6) is 1.54. The van der Waals surface area contributed by atoms with Crippen molar-refractivity contribution in [3.05, 3.63) is 11.6 Å². The van der Waals surface area contributed by atoms with E-state index in [1.165, 1.54) is 56.9 Å². The van der Waals surface area contributed by atoms with E-state index in [2.05, 4.69) is 40.7 Å². The zero-order valence-corrected chi connectivity index (χ0v) is 22.0. The van der Waals surface area contributed by atoms with Crippen LogP contribution in [-0.4, -0.2) is 18.4 Å². The first kappa shape index (κ1) is 23.6. The first-order chi connectivity index (χ1) is 15.4. The van der Waals surface area contributed by atoms with E-state index in [1.54, 1.807) is 0 Å². The molecular weight excluding hydrogens is 408 g/mol. The maximum absolute atomic E-state index is 14.1. The largest absolute Gasteiger partial charge is 0.466 e. The number of allylic oxidation sites excluding steroid dienone is 2. The monoisotopic (exact) mass is 454 g/mol. The van der Waals surface area contributed by atoms with Gasteiger partial charge in [-0.3, -0.25) is 9.59 Å². The molecule has 5 aliphatic rings. The average molecular weight is 455 g/mol. The number of hydrogen-bond acceptors (Lipinski definition) is 3. The molecule has 8 atom stereocenters. The minimum Gasteiger partial charge on any atom is -0.466 e. The van der Waals surface area contributed by atoms with Crippen molar-refractivity contribution in [1.29, 1.82) is 0 Å². The molecule has 0 aromatic rings. The van der Waals surface area contributed by atoms with Gasteiger partial charge in [-0.1, -0.05) is 46.1 Å². The first-order valence-corrected chi connectivity index (χ1v) is 13.9. The first-order valence-electron chi connectivity index (χ1n) is 13.9. The third-order valence-electron chi connectivity index (χ3n) is 12.3. The number of ketones is 1. The minimum atomic E-state index is -0.437. The van der Waals surface area contributed by atoms with Crippen molar-refractivity contribution in [2.75, 3.05) is 6.61 Å². The van der Waals surface area contributed by atoms with Gasteiger partial charge in [0.1, 0.15) is 0 Å². The third-order valence-corrected chi connectivity index (χ3v) is 12.3. The molecule has 184 valence electrons. The van der Waals surface area contributed by atoms with E-state index in [9.17, 15) is 9.59 Å². The van der Waals surface area contributed by atoms with Gasteiger partial charge in [-0.05, 0) is 111 Å². The Kier molecular flexibility index (Phi) is 5.32. The van der Waals surface area contributed by atoms with Crippen LogP contribution in [0.4, 0.5) is 0 Å². The van der Waals surface area contributed by atoms with Crippen molar-refractivity contribution in [2.45, 2.75) is 112 Å². The molecule has 0 N–H and O–H groups in total. The number of hydrogen-bond donors (Lipinski definition) is 0. The summed E-state index contributed by atoms with van der Waals surface area (Å²) in [6.07, 6.45) is 14.9. The number of rotatable bonds is 2. The van der Waals surface area contributed by atoms with E-state index in [-0.39, 0.29) is 33.5 Å². The molecule has 3 nitrogen and oxygen atoms in total. The molecule has 3 heteroatoms. The van der Waals surface area contributed by atoms with E-state index in [4.69, 9.17) is 4.74 Å². The van der Waals surface area contributed by atoms with Crippen molar-refractivity contribution < 1.29 is 14.3 Å². The van der Waals surface area contributed by atoms with Gasteiger partial charge < -0.3 is 4.74 Å². The van der Waals surface area contributed by atoms with Crippen molar-refractivity contribution in [1.82, 2.24) is 0 Å². The lowest BCUT2D eigenvalue weighted by Gasteiger charge is -2.68. The normalized spacial score (nSPS) is 51.4. The van der Waals surface area contributed by atoms with Gasteiger partial charge in [0.05, 0.1) is 12.0 Å². The van der Waals surface area contributed by atoms with E-state index >= 15 is 0 Å². The van der Waals surface area contributed by atoms with Crippen LogP contribution < -0.4 is 0 Å². The van der Waals surface area contributed by atoms with E-state index < -0.39 is 5.41 Å². The lowest BCUT2D eigenvalue weighted by molar-refractivity contribution is -0.173. The second-order valence-corrected chi connectivity index (χ2v) is 13.9. The molecule has 6 unspecified atom stereocenters. The van der Waals surface area contributed by atoms with Gasteiger partial charge in [0.2, 0.25) is 0 Å². The van der Waals surface area contributed by atoms with Gasteiger partial charge in [0.25, 0.3) is 0 Å². The Labute approximate surface area is 201 Å². The molecule has 0 spiro atoms. The maximum atomic E-state index is 14.1. The summed E-state index contributed by atoms with van der Waals surface area (Å²) in [6, 6.07) is 0. The Balaban J connectivity index is 1.58. The smallest absolute Gasteiger partial charge is 0.311 e. The number of carbonyl (C=O) groups excluding carboxylic acids is 2. The average Bonchev–Trinajstić information content (AvgIpc) is 2.76. The highest BCUT2D eigenvalue weighted by atomic mass is 16.5. The van der Waals surface area contributed by atoms with Crippen molar-refractivity contribution >= 4 is 11.8 Å². The van der Waals surface area contributed by atoms with Crippen LogP contribution in [0, 0.1) is 44.8 Å². The lowest BCUT2D eigenvalue weighted by Crippen LogP contribution is -2.63. The molecule has 0 amide bonds. The topological polar surface area (TPSA) is 43.4 Å². The van der Waals surface area contributed by atoms with Crippen molar-refractivity contribution in [2.24, 2.45) is 44.8 Å². The van der Waals surface area contributed by atoms with Crippen LogP contribution in [0.2, 0.25) is 0 Å². The molecule has 33 heavy (non-hydrogen) atoms. The zero-order valence-electron chi connectivity index (χ0n) is 22.0. The van der Waals surface area contributed by atoms with Crippen LogP contribution in [0.3, 0.4) is 0 Å². The Morgan fingerprint density at radius 3 is 2.42 bits per heavy atom. The maximum Gasteiger partial charge on any atom is 0.311 e. The Bertz CT molecular complexity index is 889. The molecule has 0 aromatic heterocycles. The molecule has 5 rings (SSSR count). The van der Waals surface area contributed by atoms with Crippen molar-refractivity contribution in [3.8, 4) is 0 Å². The summed E-state index contributed by atoms with van der Waals surface area (Å²) < 4.78 is 5.53. The molecule has 4 fully saturated rings. The van der Waals surface area contributed by atoms with Crippen LogP contribution in [0.15, 0.2) is 11.6 Å². The molecule has 5 aliphatic carbocycles. The van der Waals surface area contributed by atoms with E-state index in [0.717, 1.165) is 19.3 Å². The fourth-order valence-electron chi connectivity index (χ4n) is 9.85. The summed E-state index contributed by atoms with van der Waals surface area (Å²) in [7, 11) is 0. The summed E-state index contributed by atoms with van der Waals surface area (Å²) in [5, 5.41) is 0. The highest BCUT2D eigenvalue weighted by Crippen LogP contribution is 2.73. The van der Waals surface area contributed by atoms with Crippen LogP contribution >= 0.6 is 0 Å². The van der Waals surface area contributed by atoms with Gasteiger partial charge in [-0.2, -0.15) is 0 Å². The fraction of sp³-hybridized carbons (Fsp3) is 0.867. The van der Waals surface area contributed by atoms with Gasteiger partial charge in [0.15, 0.2) is 5.78 Å². The second-order valence-electron chi connectivity index (χ2n) is 13.9. The Hall–Kier alpha value is -1.12. The predicted molar refractivity (Wildman–Crippen MR) is 132 cm³/mol. The SMILES string of the molecule is CCOC(=O)[C@@]1(C)CCC2(C)CC[C@]3(C)C(=CC(=O)C4C5(C)CCCCC5CCC43C)C2C1. The predicted octanol–water partition coefficient (Wildman–Crippen LogP) is 7.28. The highest BCUT2D eigenvalue weighted by Gasteiger charge is 2.68. The third kappa shape index (κ3) is 3.05. The molecule has 0 aromatic carbocycles. The van der Waals surface area contributed by atoms with Crippen molar-refractivity contribution in [3.63, 3.8) is 0 Å². The van der Waals surface area contributed by atoms with E-state index in [1.807, 2.05) is 6.92 Å². The molecule has 0 saturated heterocycles. The van der Waals surface area contributed by atoms with Crippen LogP contribution in [-0.2, 0) is 14.3 Å². The van der Waals surface area contributed by atoms with Gasteiger partial charge in [0, 0.05) is 5.92 Å². The highest BCUT2D eigenvalue weighted by molar-refractivity contribution is 5.95. The summed E-state index contributed by atoms with van der Waals surface area (Å²) in [6.45, 7) is 14.3. The molecule has 0 radical (unpaired) electrons. The summed E-state index contributed by atoms with van der Waals surface area (Å²) in [4.78, 5) is 27.1. The minimum absolute atomic E-state index is 0.0237. The van der Waals surface area contributed by atoms with Crippen LogP contribution in [0.5, 0.6) is 0 Å². The molecule has 4 saturated carbocycles. The second kappa shape index (κ2) is 7.44. The fourth-order valence-corrected chi connectivity index (χ4v) is 9.85. The number of carbonyl (C=O) groups is 2. The van der Waals surface area contributed by atoms with Crippen LogP contribution in [0.1, 0.15) is 112 Å². The molecule has 0 aliphatic heterocycles. The van der Waals surface area contributed by atoms with Gasteiger partial charge >= 0.3 is 5.97 Å². The zero-order chi connectivity index (χ0) is 23.9. The standard InChI is InChI=1S/C30H46O3/c1-7-33-25(32)27(3)15-14-26(2)16-17-29(5)21(22(26)19-27)18-23(31)24-28(4)12-9-8-10-20(28)11-13-30(24,29)6/h18,20,22,24H,7-17,19H2,1-6H3/t20?,22?,24?,26?,27-,28?,29+,30?/m0/s1. The molecular formula is C30H46O3. The number of esters is 1. The van der Waals surface area contributed by atoms with Gasteiger partial charge in [-0.15, -0.1) is 0 Å². The Morgan fingerprint density at radius 2 is 1.70 bits per heavy atom. The molecule has 0 bridgehead atoms.